The predicted octanol–water partition coefficient (Wildman–Crippen LogP) is 3.41. The van der Waals surface area contributed by atoms with Gasteiger partial charge in [-0.15, -0.1) is 0 Å². The van der Waals surface area contributed by atoms with Gasteiger partial charge in [0.05, 0.1) is 12.2 Å². The molecule has 1 aliphatic rings. The number of rotatable bonds is 4. The standard InChI is InChI=1S/C20H23N3O5/c1-12-8-14(19(25)26)11-23(10-12)20(27)21-15-5-6-16(13(2)9-15)22-18(24)17-4-3-7-28-17/h3-7,9,12,14H,8,10-11H2,1-2H3,(H,21,27)(H,22,24)(H,25,26). The lowest BCUT2D eigenvalue weighted by Crippen LogP contribution is -2.47. The molecule has 2 heterocycles. The van der Waals surface area contributed by atoms with Gasteiger partial charge in [0.25, 0.3) is 5.91 Å². The van der Waals surface area contributed by atoms with Crippen molar-refractivity contribution in [3.63, 3.8) is 0 Å². The van der Waals surface area contributed by atoms with E-state index >= 15 is 0 Å². The number of benzene rings is 1. The van der Waals surface area contributed by atoms with Gasteiger partial charge >= 0.3 is 12.0 Å². The maximum atomic E-state index is 12.6. The highest BCUT2D eigenvalue weighted by Gasteiger charge is 2.31. The van der Waals surface area contributed by atoms with E-state index in [2.05, 4.69) is 10.6 Å². The third kappa shape index (κ3) is 4.51. The Kier molecular flexibility index (Phi) is 5.67. The number of aliphatic carboxylic acids is 1. The first kappa shape index (κ1) is 19.5. The number of aryl methyl sites for hydroxylation is 1. The molecule has 0 saturated carbocycles. The van der Waals surface area contributed by atoms with Crippen LogP contribution < -0.4 is 10.6 Å². The summed E-state index contributed by atoms with van der Waals surface area (Å²) in [7, 11) is 0. The molecule has 8 heteroatoms. The van der Waals surface area contributed by atoms with Gasteiger partial charge in [0.2, 0.25) is 0 Å². The van der Waals surface area contributed by atoms with Gasteiger partial charge in [0.1, 0.15) is 0 Å². The highest BCUT2D eigenvalue weighted by Crippen LogP contribution is 2.24. The summed E-state index contributed by atoms with van der Waals surface area (Å²) in [6, 6.07) is 8.01. The number of piperidine rings is 1. The third-order valence-electron chi connectivity index (χ3n) is 4.77. The molecule has 1 aromatic heterocycles. The third-order valence-corrected chi connectivity index (χ3v) is 4.77. The molecular weight excluding hydrogens is 362 g/mol. The van der Waals surface area contributed by atoms with E-state index in [4.69, 9.17) is 4.42 Å². The minimum absolute atomic E-state index is 0.126. The average molecular weight is 385 g/mol. The van der Waals surface area contributed by atoms with Crippen molar-refractivity contribution < 1.29 is 23.9 Å². The van der Waals surface area contributed by atoms with E-state index in [1.54, 1.807) is 30.3 Å². The number of urea groups is 1. The Hall–Kier alpha value is -3.29. The van der Waals surface area contributed by atoms with Crippen molar-refractivity contribution in [1.82, 2.24) is 4.90 Å². The zero-order valence-corrected chi connectivity index (χ0v) is 15.8. The van der Waals surface area contributed by atoms with Gasteiger partial charge in [-0.1, -0.05) is 6.92 Å². The number of carboxylic acids is 1. The smallest absolute Gasteiger partial charge is 0.321 e. The number of nitrogens with one attached hydrogen (secondary N) is 2. The molecule has 3 rings (SSSR count). The van der Waals surface area contributed by atoms with E-state index in [1.165, 1.54) is 11.2 Å². The van der Waals surface area contributed by atoms with Gasteiger partial charge < -0.3 is 25.1 Å². The van der Waals surface area contributed by atoms with Crippen LogP contribution in [0.15, 0.2) is 41.0 Å². The van der Waals surface area contributed by atoms with Crippen molar-refractivity contribution in [1.29, 1.82) is 0 Å². The molecule has 2 aromatic rings. The second kappa shape index (κ2) is 8.16. The quantitative estimate of drug-likeness (QED) is 0.747. The molecule has 1 saturated heterocycles. The van der Waals surface area contributed by atoms with E-state index in [-0.39, 0.29) is 30.2 Å². The van der Waals surface area contributed by atoms with Crippen molar-refractivity contribution >= 4 is 29.3 Å². The van der Waals surface area contributed by atoms with E-state index in [0.29, 0.717) is 24.3 Å². The monoisotopic (exact) mass is 385 g/mol. The lowest BCUT2D eigenvalue weighted by Gasteiger charge is -2.34. The van der Waals surface area contributed by atoms with E-state index in [1.807, 2.05) is 13.8 Å². The SMILES string of the molecule is Cc1cc(NC(=O)N2CC(C)CC(C(=O)O)C2)ccc1NC(=O)c1ccco1. The second-order valence-corrected chi connectivity index (χ2v) is 7.17. The normalized spacial score (nSPS) is 19.1. The number of nitrogens with zero attached hydrogens (tertiary/aromatic N) is 1. The number of hydrogen-bond acceptors (Lipinski definition) is 4. The van der Waals surface area contributed by atoms with Gasteiger partial charge in [-0.3, -0.25) is 9.59 Å². The van der Waals surface area contributed by atoms with E-state index < -0.39 is 11.9 Å². The molecule has 1 aliphatic heterocycles. The maximum Gasteiger partial charge on any atom is 0.321 e. The number of carbonyl (C=O) groups is 3. The highest BCUT2D eigenvalue weighted by atomic mass is 16.4. The topological polar surface area (TPSA) is 112 Å². The van der Waals surface area contributed by atoms with Crippen LogP contribution in [0.2, 0.25) is 0 Å². The van der Waals surface area contributed by atoms with Gasteiger partial charge in [-0.25, -0.2) is 4.79 Å². The first-order valence-corrected chi connectivity index (χ1v) is 9.07. The minimum atomic E-state index is -0.878. The number of furan rings is 1. The largest absolute Gasteiger partial charge is 0.481 e. The van der Waals surface area contributed by atoms with Crippen LogP contribution in [-0.2, 0) is 4.79 Å². The van der Waals surface area contributed by atoms with Gasteiger partial charge in [0, 0.05) is 24.5 Å². The van der Waals surface area contributed by atoms with Crippen LogP contribution >= 0.6 is 0 Å². The zero-order valence-electron chi connectivity index (χ0n) is 15.8. The molecule has 0 aliphatic carbocycles. The Morgan fingerprint density at radius 2 is 1.96 bits per heavy atom. The molecule has 2 atom stereocenters. The van der Waals surface area contributed by atoms with Crippen LogP contribution in [0.5, 0.6) is 0 Å². The highest BCUT2D eigenvalue weighted by molar-refractivity contribution is 6.02. The summed E-state index contributed by atoms with van der Waals surface area (Å²) in [4.78, 5) is 37.5. The summed E-state index contributed by atoms with van der Waals surface area (Å²) in [5.74, 6) is -1.44. The van der Waals surface area contributed by atoms with Crippen molar-refractivity contribution in [2.75, 3.05) is 23.7 Å². The summed E-state index contributed by atoms with van der Waals surface area (Å²) in [5, 5.41) is 14.8. The van der Waals surface area contributed by atoms with E-state index in [9.17, 15) is 19.5 Å². The predicted molar refractivity (Wildman–Crippen MR) is 103 cm³/mol. The fourth-order valence-electron chi connectivity index (χ4n) is 3.37. The van der Waals surface area contributed by atoms with Gasteiger partial charge in [0.15, 0.2) is 5.76 Å². The first-order chi connectivity index (χ1) is 13.3. The van der Waals surface area contributed by atoms with Crippen LogP contribution in [0.1, 0.15) is 29.5 Å². The molecule has 1 fully saturated rings. The van der Waals surface area contributed by atoms with Crippen molar-refractivity contribution in [3.05, 3.63) is 47.9 Å². The van der Waals surface area contributed by atoms with Crippen molar-refractivity contribution in [2.45, 2.75) is 20.3 Å². The Morgan fingerprint density at radius 1 is 1.18 bits per heavy atom. The molecule has 2 unspecified atom stereocenters. The number of carboxylic acid groups (broad SMARTS) is 1. The van der Waals surface area contributed by atoms with Crippen molar-refractivity contribution in [3.8, 4) is 0 Å². The molecule has 28 heavy (non-hydrogen) atoms. The zero-order chi connectivity index (χ0) is 20.3. The minimum Gasteiger partial charge on any atom is -0.481 e. The van der Waals surface area contributed by atoms with Crippen LogP contribution in [0, 0.1) is 18.8 Å². The summed E-state index contributed by atoms with van der Waals surface area (Å²) in [5.41, 5.74) is 1.95. The fraction of sp³-hybridized carbons (Fsp3) is 0.350. The fourth-order valence-corrected chi connectivity index (χ4v) is 3.37. The van der Waals surface area contributed by atoms with Crippen molar-refractivity contribution in [2.24, 2.45) is 11.8 Å². The number of hydrogen-bond donors (Lipinski definition) is 3. The lowest BCUT2D eigenvalue weighted by molar-refractivity contribution is -0.143. The molecule has 1 aromatic carbocycles. The molecule has 0 bridgehead atoms. The summed E-state index contributed by atoms with van der Waals surface area (Å²) in [6.07, 6.45) is 2.00. The summed E-state index contributed by atoms with van der Waals surface area (Å²) < 4.78 is 5.07. The molecule has 148 valence electrons. The lowest BCUT2D eigenvalue weighted by atomic mass is 9.91. The molecule has 0 spiro atoms. The van der Waals surface area contributed by atoms with Crippen LogP contribution in [0.3, 0.4) is 0 Å². The number of likely N-dealkylation sites (tertiary alicyclic amines) is 1. The molecule has 3 amide bonds. The van der Waals surface area contributed by atoms with Crippen LogP contribution in [0.25, 0.3) is 0 Å². The Labute approximate surface area is 162 Å². The first-order valence-electron chi connectivity index (χ1n) is 9.07. The molecule has 8 nitrogen and oxygen atoms in total. The summed E-state index contributed by atoms with van der Waals surface area (Å²) >= 11 is 0. The van der Waals surface area contributed by atoms with E-state index in [0.717, 1.165) is 5.56 Å². The number of carbonyl (C=O) groups excluding carboxylic acids is 2. The molecule has 0 radical (unpaired) electrons. The molecule has 3 N–H and O–H groups in total. The molecular formula is C20H23N3O5. The maximum absolute atomic E-state index is 12.6. The van der Waals surface area contributed by atoms with Crippen LogP contribution in [0.4, 0.5) is 16.2 Å². The Balaban J connectivity index is 1.64. The Morgan fingerprint density at radius 3 is 2.61 bits per heavy atom. The average Bonchev–Trinajstić information content (AvgIpc) is 3.18. The number of anilines is 2. The second-order valence-electron chi connectivity index (χ2n) is 7.17. The Bertz CT molecular complexity index is 878. The van der Waals surface area contributed by atoms with Gasteiger partial charge in [-0.2, -0.15) is 0 Å². The van der Waals surface area contributed by atoms with Gasteiger partial charge in [-0.05, 0) is 55.2 Å². The number of amides is 3. The van der Waals surface area contributed by atoms with Crippen LogP contribution in [-0.4, -0.2) is 41.0 Å². The summed E-state index contributed by atoms with van der Waals surface area (Å²) in [6.45, 7) is 4.47.